The number of anilines is 1. The number of amides is 1. The first-order chi connectivity index (χ1) is 9.95. The van der Waals surface area contributed by atoms with E-state index in [1.54, 1.807) is 19.0 Å². The average Bonchev–Trinajstić information content (AvgIpc) is 2.45. The van der Waals surface area contributed by atoms with E-state index in [0.29, 0.717) is 24.5 Å². The van der Waals surface area contributed by atoms with Gasteiger partial charge in [0.05, 0.1) is 5.56 Å². The summed E-state index contributed by atoms with van der Waals surface area (Å²) in [6.45, 7) is 5.81. The van der Waals surface area contributed by atoms with Gasteiger partial charge in [0.1, 0.15) is 17.9 Å². The Morgan fingerprint density at radius 2 is 2.24 bits per heavy atom. The molecule has 1 fully saturated rings. The van der Waals surface area contributed by atoms with Crippen LogP contribution in [0.2, 0.25) is 0 Å². The Hall–Kier alpha value is -2.13. The highest BCUT2D eigenvalue weighted by molar-refractivity contribution is 5.85. The van der Waals surface area contributed by atoms with E-state index in [1.807, 2.05) is 24.8 Å². The molecule has 0 spiro atoms. The Labute approximate surface area is 125 Å². The molecule has 1 aliphatic rings. The fourth-order valence-electron chi connectivity index (χ4n) is 2.64. The SMILES string of the molecule is Cc1cc(C)c(C#N)c(N2CCNCC2C(=O)N(C)C)n1. The Morgan fingerprint density at radius 1 is 1.52 bits per heavy atom. The normalized spacial score (nSPS) is 18.2. The number of rotatable bonds is 2. The third-order valence-corrected chi connectivity index (χ3v) is 3.68. The number of likely N-dealkylation sites (N-methyl/N-ethyl adjacent to an activating group) is 1. The van der Waals surface area contributed by atoms with Crippen LogP contribution in [0.4, 0.5) is 5.82 Å². The lowest BCUT2D eigenvalue weighted by Gasteiger charge is -2.37. The van der Waals surface area contributed by atoms with E-state index in [1.165, 1.54) is 0 Å². The molecule has 0 radical (unpaired) electrons. The minimum Gasteiger partial charge on any atom is -0.347 e. The second-order valence-electron chi connectivity index (χ2n) is 5.54. The summed E-state index contributed by atoms with van der Waals surface area (Å²) in [5.41, 5.74) is 2.31. The number of carbonyl (C=O) groups is 1. The zero-order valence-corrected chi connectivity index (χ0v) is 13.0. The van der Waals surface area contributed by atoms with Crippen molar-refractivity contribution in [3.63, 3.8) is 0 Å². The summed E-state index contributed by atoms with van der Waals surface area (Å²) >= 11 is 0. The number of piperazine rings is 1. The van der Waals surface area contributed by atoms with Gasteiger partial charge in [-0.05, 0) is 25.5 Å². The third-order valence-electron chi connectivity index (χ3n) is 3.68. The second kappa shape index (κ2) is 6.10. The summed E-state index contributed by atoms with van der Waals surface area (Å²) in [6.07, 6.45) is 0. The van der Waals surface area contributed by atoms with E-state index in [2.05, 4.69) is 16.4 Å². The molecular formula is C15H21N5O. The maximum absolute atomic E-state index is 12.4. The van der Waals surface area contributed by atoms with Crippen molar-refractivity contribution in [1.82, 2.24) is 15.2 Å². The van der Waals surface area contributed by atoms with Gasteiger partial charge in [-0.15, -0.1) is 0 Å². The number of aromatic nitrogens is 1. The first-order valence-corrected chi connectivity index (χ1v) is 7.02. The predicted octanol–water partition coefficient (Wildman–Crippen LogP) is 0.437. The Kier molecular flexibility index (Phi) is 4.43. The molecule has 0 aromatic carbocycles. The van der Waals surface area contributed by atoms with Crippen LogP contribution in [0.15, 0.2) is 6.07 Å². The standard InChI is InChI=1S/C15H21N5O/c1-10-7-11(2)18-14(12(10)8-16)20-6-5-17-9-13(20)15(21)19(3)4/h7,13,17H,5-6,9H2,1-4H3. The van der Waals surface area contributed by atoms with Crippen LogP contribution in [0.25, 0.3) is 0 Å². The minimum absolute atomic E-state index is 0.0204. The molecule has 1 atom stereocenters. The number of pyridine rings is 1. The van der Waals surface area contributed by atoms with E-state index in [4.69, 9.17) is 0 Å². The molecule has 0 bridgehead atoms. The minimum atomic E-state index is -0.324. The van der Waals surface area contributed by atoms with Gasteiger partial charge in [0.15, 0.2) is 0 Å². The molecule has 1 aromatic rings. The van der Waals surface area contributed by atoms with Crippen molar-refractivity contribution in [3.05, 3.63) is 22.9 Å². The largest absolute Gasteiger partial charge is 0.347 e. The number of nitrogens with zero attached hydrogens (tertiary/aromatic N) is 4. The van der Waals surface area contributed by atoms with Gasteiger partial charge in [0, 0.05) is 39.4 Å². The fourth-order valence-corrected chi connectivity index (χ4v) is 2.64. The first-order valence-electron chi connectivity index (χ1n) is 7.02. The lowest BCUT2D eigenvalue weighted by molar-refractivity contribution is -0.130. The molecular weight excluding hydrogens is 266 g/mol. The number of hydrogen-bond donors (Lipinski definition) is 1. The maximum Gasteiger partial charge on any atom is 0.246 e. The molecule has 2 rings (SSSR count). The van der Waals surface area contributed by atoms with Crippen LogP contribution in [0.5, 0.6) is 0 Å². The van der Waals surface area contributed by atoms with Crippen molar-refractivity contribution in [3.8, 4) is 6.07 Å². The van der Waals surface area contributed by atoms with E-state index in [-0.39, 0.29) is 11.9 Å². The molecule has 1 saturated heterocycles. The van der Waals surface area contributed by atoms with Gasteiger partial charge < -0.3 is 15.1 Å². The van der Waals surface area contributed by atoms with E-state index in [9.17, 15) is 10.1 Å². The third kappa shape index (κ3) is 2.98. The molecule has 112 valence electrons. The first kappa shape index (κ1) is 15.3. The number of hydrogen-bond acceptors (Lipinski definition) is 5. The van der Waals surface area contributed by atoms with Crippen LogP contribution >= 0.6 is 0 Å². The van der Waals surface area contributed by atoms with Crippen molar-refractivity contribution in [1.29, 1.82) is 5.26 Å². The summed E-state index contributed by atoms with van der Waals surface area (Å²) in [6, 6.07) is 3.80. The van der Waals surface area contributed by atoms with Crippen LogP contribution in [-0.2, 0) is 4.79 Å². The van der Waals surface area contributed by atoms with Gasteiger partial charge in [-0.3, -0.25) is 4.79 Å². The van der Waals surface area contributed by atoms with Crippen LogP contribution in [0, 0.1) is 25.2 Å². The van der Waals surface area contributed by atoms with Crippen LogP contribution in [0.3, 0.4) is 0 Å². The number of aryl methyl sites for hydroxylation is 2. The molecule has 21 heavy (non-hydrogen) atoms. The molecule has 1 aliphatic heterocycles. The average molecular weight is 287 g/mol. The highest BCUT2D eigenvalue weighted by Gasteiger charge is 2.32. The van der Waals surface area contributed by atoms with Crippen LogP contribution < -0.4 is 10.2 Å². The lowest BCUT2D eigenvalue weighted by atomic mass is 10.1. The topological polar surface area (TPSA) is 72.3 Å². The Morgan fingerprint density at radius 3 is 2.86 bits per heavy atom. The van der Waals surface area contributed by atoms with Crippen molar-refractivity contribution < 1.29 is 4.79 Å². The monoisotopic (exact) mass is 287 g/mol. The van der Waals surface area contributed by atoms with Crippen molar-refractivity contribution in [2.75, 3.05) is 38.6 Å². The van der Waals surface area contributed by atoms with Gasteiger partial charge in [-0.1, -0.05) is 0 Å². The van der Waals surface area contributed by atoms with Crippen molar-refractivity contribution in [2.24, 2.45) is 0 Å². The van der Waals surface area contributed by atoms with Crippen LogP contribution in [0.1, 0.15) is 16.8 Å². The fraction of sp³-hybridized carbons (Fsp3) is 0.533. The highest BCUT2D eigenvalue weighted by Crippen LogP contribution is 2.24. The molecule has 1 unspecified atom stereocenters. The molecule has 1 amide bonds. The number of nitrogens with one attached hydrogen (secondary N) is 1. The zero-order chi connectivity index (χ0) is 15.6. The van der Waals surface area contributed by atoms with Gasteiger partial charge >= 0.3 is 0 Å². The van der Waals surface area contributed by atoms with Gasteiger partial charge in [-0.2, -0.15) is 5.26 Å². The zero-order valence-electron chi connectivity index (χ0n) is 13.0. The van der Waals surface area contributed by atoms with Gasteiger partial charge in [0.2, 0.25) is 5.91 Å². The van der Waals surface area contributed by atoms with Crippen LogP contribution in [-0.4, -0.2) is 55.6 Å². The molecule has 1 aromatic heterocycles. The summed E-state index contributed by atoms with van der Waals surface area (Å²) in [7, 11) is 3.49. The van der Waals surface area contributed by atoms with Gasteiger partial charge in [-0.25, -0.2) is 4.98 Å². The van der Waals surface area contributed by atoms with E-state index in [0.717, 1.165) is 17.8 Å². The molecule has 6 heteroatoms. The van der Waals surface area contributed by atoms with E-state index < -0.39 is 0 Å². The second-order valence-corrected chi connectivity index (χ2v) is 5.54. The Bertz CT molecular complexity index is 590. The molecule has 6 nitrogen and oxygen atoms in total. The molecule has 2 heterocycles. The van der Waals surface area contributed by atoms with Crippen molar-refractivity contribution >= 4 is 11.7 Å². The Balaban J connectivity index is 2.47. The molecule has 0 saturated carbocycles. The predicted molar refractivity (Wildman–Crippen MR) is 81.1 cm³/mol. The number of carbonyl (C=O) groups excluding carboxylic acids is 1. The maximum atomic E-state index is 12.4. The molecule has 0 aliphatic carbocycles. The quantitative estimate of drug-likeness (QED) is 0.854. The highest BCUT2D eigenvalue weighted by atomic mass is 16.2. The number of nitriles is 1. The summed E-state index contributed by atoms with van der Waals surface area (Å²) < 4.78 is 0. The lowest BCUT2D eigenvalue weighted by Crippen LogP contribution is -2.58. The summed E-state index contributed by atoms with van der Waals surface area (Å²) in [5.74, 6) is 0.642. The molecule has 1 N–H and O–H groups in total. The smallest absolute Gasteiger partial charge is 0.246 e. The summed E-state index contributed by atoms with van der Waals surface area (Å²) in [4.78, 5) is 20.4. The van der Waals surface area contributed by atoms with Crippen molar-refractivity contribution in [2.45, 2.75) is 19.9 Å². The van der Waals surface area contributed by atoms with Gasteiger partial charge in [0.25, 0.3) is 0 Å². The van der Waals surface area contributed by atoms with E-state index >= 15 is 0 Å². The summed E-state index contributed by atoms with van der Waals surface area (Å²) in [5, 5.41) is 12.7.